The van der Waals surface area contributed by atoms with Gasteiger partial charge in [0.2, 0.25) is 5.95 Å². The van der Waals surface area contributed by atoms with Crippen molar-refractivity contribution in [2.24, 2.45) is 0 Å². The third-order valence-electron chi connectivity index (χ3n) is 5.26. The van der Waals surface area contributed by atoms with Crippen molar-refractivity contribution in [2.75, 3.05) is 6.54 Å². The number of aromatic nitrogens is 4. The van der Waals surface area contributed by atoms with Crippen molar-refractivity contribution in [1.82, 2.24) is 24.6 Å². The molecule has 0 bridgehead atoms. The number of aryl methyl sites for hydroxylation is 1. The summed E-state index contributed by atoms with van der Waals surface area (Å²) in [4.78, 5) is 34.5. The predicted octanol–water partition coefficient (Wildman–Crippen LogP) is 2.42. The minimum absolute atomic E-state index is 0.0846. The van der Waals surface area contributed by atoms with Gasteiger partial charge >= 0.3 is 0 Å². The molecule has 0 saturated carbocycles. The summed E-state index contributed by atoms with van der Waals surface area (Å²) in [5, 5.41) is 4.33. The average Bonchev–Trinajstić information content (AvgIpc) is 3.33. The molecule has 0 unspecified atom stereocenters. The molecule has 1 amide bonds. The number of carbonyl (C=O) groups is 1. The van der Waals surface area contributed by atoms with Gasteiger partial charge in [-0.3, -0.25) is 14.6 Å². The predicted molar refractivity (Wildman–Crippen MR) is 106 cm³/mol. The highest BCUT2D eigenvalue weighted by molar-refractivity contribution is 5.95. The Hall–Kier alpha value is -3.22. The van der Waals surface area contributed by atoms with Gasteiger partial charge in [0.15, 0.2) is 0 Å². The van der Waals surface area contributed by atoms with E-state index in [1.54, 1.807) is 15.8 Å². The molecule has 28 heavy (non-hydrogen) atoms. The number of amides is 1. The zero-order valence-corrected chi connectivity index (χ0v) is 16.1. The van der Waals surface area contributed by atoms with Crippen LogP contribution in [-0.4, -0.2) is 37.1 Å². The summed E-state index contributed by atoms with van der Waals surface area (Å²) in [6.07, 6.45) is 4.07. The van der Waals surface area contributed by atoms with Crippen LogP contribution < -0.4 is 5.56 Å². The lowest BCUT2D eigenvalue weighted by Gasteiger charge is -2.20. The fraction of sp³-hybridized carbons (Fsp3) is 0.333. The van der Waals surface area contributed by atoms with Crippen molar-refractivity contribution < 1.29 is 4.79 Å². The van der Waals surface area contributed by atoms with E-state index in [9.17, 15) is 9.59 Å². The van der Waals surface area contributed by atoms with E-state index in [-0.39, 0.29) is 11.5 Å². The van der Waals surface area contributed by atoms with Gasteiger partial charge in [0.25, 0.3) is 11.5 Å². The number of aromatic amines is 1. The summed E-state index contributed by atoms with van der Waals surface area (Å²) in [5.41, 5.74) is 3.75. The number of rotatable bonds is 5. The maximum absolute atomic E-state index is 13.1. The number of H-pyrrole nitrogens is 1. The van der Waals surface area contributed by atoms with Crippen molar-refractivity contribution in [2.45, 2.75) is 39.7 Å². The smallest absolute Gasteiger partial charge is 0.257 e. The number of benzene rings is 1. The number of fused-ring (bicyclic) bond motifs is 1. The Morgan fingerprint density at radius 3 is 2.79 bits per heavy atom. The van der Waals surface area contributed by atoms with Crippen LogP contribution >= 0.6 is 0 Å². The Bertz CT molecular complexity index is 1070. The Morgan fingerprint density at radius 2 is 2.04 bits per heavy atom. The molecule has 0 radical (unpaired) electrons. The van der Waals surface area contributed by atoms with Crippen LogP contribution in [0.4, 0.5) is 0 Å². The standard InChI is InChI=1S/C21H23N5O2/c1-3-25(13-15-8-5-4-6-9-15)20(28)17-12-22-26(14(17)2)21-23-18-11-7-10-16(18)19(27)24-21/h4-6,8-9,12H,3,7,10-11,13H2,1-2H3,(H,23,24,27). The molecule has 3 aromatic rings. The van der Waals surface area contributed by atoms with E-state index in [1.165, 1.54) is 0 Å². The Balaban J connectivity index is 1.64. The molecule has 0 saturated heterocycles. The Kier molecular flexibility index (Phi) is 4.81. The number of nitrogens with zero attached hydrogens (tertiary/aromatic N) is 4. The van der Waals surface area contributed by atoms with E-state index in [0.29, 0.717) is 30.3 Å². The van der Waals surface area contributed by atoms with Crippen LogP contribution in [0.15, 0.2) is 41.3 Å². The van der Waals surface area contributed by atoms with Gasteiger partial charge in [-0.1, -0.05) is 30.3 Å². The number of carbonyl (C=O) groups excluding carboxylic acids is 1. The highest BCUT2D eigenvalue weighted by Crippen LogP contribution is 2.19. The Labute approximate surface area is 163 Å². The third-order valence-corrected chi connectivity index (χ3v) is 5.26. The van der Waals surface area contributed by atoms with Crippen LogP contribution in [0.1, 0.15) is 46.2 Å². The molecule has 0 aliphatic heterocycles. The fourth-order valence-corrected chi connectivity index (χ4v) is 3.66. The molecule has 0 spiro atoms. The molecule has 4 rings (SSSR count). The van der Waals surface area contributed by atoms with Crippen LogP contribution in [0.5, 0.6) is 0 Å². The molecular weight excluding hydrogens is 354 g/mol. The van der Waals surface area contributed by atoms with Gasteiger partial charge in [0.1, 0.15) is 0 Å². The number of nitrogens with one attached hydrogen (secondary N) is 1. The summed E-state index contributed by atoms with van der Waals surface area (Å²) < 4.78 is 1.55. The van der Waals surface area contributed by atoms with Crippen LogP contribution in [0.25, 0.3) is 5.95 Å². The monoisotopic (exact) mass is 377 g/mol. The van der Waals surface area contributed by atoms with Crippen molar-refractivity contribution >= 4 is 5.91 Å². The first kappa shape index (κ1) is 18.2. The van der Waals surface area contributed by atoms with Crippen LogP contribution in [0, 0.1) is 6.92 Å². The van der Waals surface area contributed by atoms with E-state index in [0.717, 1.165) is 36.1 Å². The molecule has 7 heteroatoms. The second kappa shape index (κ2) is 7.42. The SMILES string of the molecule is CCN(Cc1ccccc1)C(=O)c1cnn(-c2nc3c(c(=O)[nH]2)CCC3)c1C. The largest absolute Gasteiger partial charge is 0.334 e. The molecular formula is C21H23N5O2. The second-order valence-electron chi connectivity index (χ2n) is 7.03. The highest BCUT2D eigenvalue weighted by atomic mass is 16.2. The minimum atomic E-state index is -0.112. The van der Waals surface area contributed by atoms with Crippen molar-refractivity contribution in [1.29, 1.82) is 0 Å². The molecule has 144 valence electrons. The fourth-order valence-electron chi connectivity index (χ4n) is 3.66. The van der Waals surface area contributed by atoms with Gasteiger partial charge in [0, 0.05) is 18.7 Å². The Morgan fingerprint density at radius 1 is 1.25 bits per heavy atom. The van der Waals surface area contributed by atoms with Gasteiger partial charge in [-0.2, -0.15) is 5.10 Å². The lowest BCUT2D eigenvalue weighted by molar-refractivity contribution is 0.0752. The van der Waals surface area contributed by atoms with E-state index in [1.807, 2.05) is 44.2 Å². The van der Waals surface area contributed by atoms with Crippen molar-refractivity contribution in [3.05, 3.63) is 75.0 Å². The highest BCUT2D eigenvalue weighted by Gasteiger charge is 2.23. The van der Waals surface area contributed by atoms with Crippen LogP contribution in [-0.2, 0) is 19.4 Å². The van der Waals surface area contributed by atoms with Gasteiger partial charge in [-0.25, -0.2) is 9.67 Å². The number of hydrogen-bond acceptors (Lipinski definition) is 4. The van der Waals surface area contributed by atoms with Gasteiger partial charge < -0.3 is 4.90 Å². The molecule has 2 aromatic heterocycles. The molecule has 1 N–H and O–H groups in total. The third kappa shape index (κ3) is 3.24. The second-order valence-corrected chi connectivity index (χ2v) is 7.03. The zero-order valence-electron chi connectivity index (χ0n) is 16.1. The van der Waals surface area contributed by atoms with Crippen LogP contribution in [0.2, 0.25) is 0 Å². The normalized spacial score (nSPS) is 12.8. The summed E-state index contributed by atoms with van der Waals surface area (Å²) in [6.45, 7) is 4.91. The van der Waals surface area contributed by atoms with Gasteiger partial charge in [0.05, 0.1) is 23.1 Å². The molecule has 1 aromatic carbocycles. The van der Waals surface area contributed by atoms with E-state index < -0.39 is 0 Å². The minimum Gasteiger partial charge on any atom is -0.334 e. The number of hydrogen-bond donors (Lipinski definition) is 1. The van der Waals surface area contributed by atoms with E-state index >= 15 is 0 Å². The maximum atomic E-state index is 13.1. The van der Waals surface area contributed by atoms with Gasteiger partial charge in [-0.05, 0) is 38.7 Å². The zero-order chi connectivity index (χ0) is 19.7. The summed E-state index contributed by atoms with van der Waals surface area (Å²) >= 11 is 0. The summed E-state index contributed by atoms with van der Waals surface area (Å²) in [5.74, 6) is 0.284. The molecule has 1 aliphatic carbocycles. The molecule has 0 atom stereocenters. The molecule has 0 fully saturated rings. The van der Waals surface area contributed by atoms with Crippen molar-refractivity contribution in [3.63, 3.8) is 0 Å². The molecule has 2 heterocycles. The van der Waals surface area contributed by atoms with E-state index in [2.05, 4.69) is 15.1 Å². The molecule has 7 nitrogen and oxygen atoms in total. The maximum Gasteiger partial charge on any atom is 0.257 e. The quantitative estimate of drug-likeness (QED) is 0.740. The van der Waals surface area contributed by atoms with E-state index in [4.69, 9.17) is 0 Å². The topological polar surface area (TPSA) is 83.9 Å². The summed E-state index contributed by atoms with van der Waals surface area (Å²) in [6, 6.07) is 9.90. The summed E-state index contributed by atoms with van der Waals surface area (Å²) in [7, 11) is 0. The first-order valence-corrected chi connectivity index (χ1v) is 9.58. The lowest BCUT2D eigenvalue weighted by atomic mass is 10.2. The van der Waals surface area contributed by atoms with Crippen molar-refractivity contribution in [3.8, 4) is 5.95 Å². The first-order valence-electron chi connectivity index (χ1n) is 9.58. The average molecular weight is 377 g/mol. The lowest BCUT2D eigenvalue weighted by Crippen LogP contribution is -2.30. The van der Waals surface area contributed by atoms with Gasteiger partial charge in [-0.15, -0.1) is 0 Å². The molecule has 1 aliphatic rings. The first-order chi connectivity index (χ1) is 13.6. The van der Waals surface area contributed by atoms with Crippen LogP contribution in [0.3, 0.4) is 0 Å².